The Morgan fingerprint density at radius 1 is 1.32 bits per heavy atom. The van der Waals surface area contributed by atoms with E-state index in [0.717, 1.165) is 30.2 Å². The SMILES string of the molecule is CCCc1cc(NC2CCCC2N(C)C)nc(C)n1. The first-order valence-corrected chi connectivity index (χ1v) is 7.37. The van der Waals surface area contributed by atoms with Crippen LogP contribution in [-0.2, 0) is 6.42 Å². The van der Waals surface area contributed by atoms with Gasteiger partial charge in [0.1, 0.15) is 11.6 Å². The minimum atomic E-state index is 0.513. The highest BCUT2D eigenvalue weighted by atomic mass is 15.2. The smallest absolute Gasteiger partial charge is 0.130 e. The molecule has 0 spiro atoms. The fourth-order valence-corrected chi connectivity index (χ4v) is 3.00. The fraction of sp³-hybridized carbons (Fsp3) is 0.733. The fourth-order valence-electron chi connectivity index (χ4n) is 3.00. The summed E-state index contributed by atoms with van der Waals surface area (Å²) in [6.07, 6.45) is 5.96. The summed E-state index contributed by atoms with van der Waals surface area (Å²) >= 11 is 0. The van der Waals surface area contributed by atoms with E-state index in [1.165, 1.54) is 19.3 Å². The predicted octanol–water partition coefficient (Wildman–Crippen LogP) is 2.63. The van der Waals surface area contributed by atoms with Gasteiger partial charge in [0.05, 0.1) is 0 Å². The molecule has 0 saturated heterocycles. The van der Waals surface area contributed by atoms with Crippen molar-refractivity contribution in [2.45, 2.75) is 58.0 Å². The second kappa shape index (κ2) is 6.33. The van der Waals surface area contributed by atoms with Crippen LogP contribution in [0.3, 0.4) is 0 Å². The van der Waals surface area contributed by atoms with Gasteiger partial charge < -0.3 is 10.2 Å². The predicted molar refractivity (Wildman–Crippen MR) is 79.5 cm³/mol. The first-order valence-electron chi connectivity index (χ1n) is 7.37. The van der Waals surface area contributed by atoms with Gasteiger partial charge >= 0.3 is 0 Å². The lowest BCUT2D eigenvalue weighted by Crippen LogP contribution is -2.39. The average Bonchev–Trinajstić information content (AvgIpc) is 2.76. The Morgan fingerprint density at radius 2 is 2.11 bits per heavy atom. The molecule has 1 aliphatic rings. The van der Waals surface area contributed by atoms with E-state index < -0.39 is 0 Å². The van der Waals surface area contributed by atoms with E-state index >= 15 is 0 Å². The third kappa shape index (κ3) is 3.66. The molecule has 1 N–H and O–H groups in total. The summed E-state index contributed by atoms with van der Waals surface area (Å²) < 4.78 is 0. The quantitative estimate of drug-likeness (QED) is 0.885. The van der Waals surface area contributed by atoms with E-state index in [1.54, 1.807) is 0 Å². The number of anilines is 1. The number of rotatable bonds is 5. The van der Waals surface area contributed by atoms with Gasteiger partial charge in [0.15, 0.2) is 0 Å². The van der Waals surface area contributed by atoms with Crippen molar-refractivity contribution < 1.29 is 0 Å². The summed E-state index contributed by atoms with van der Waals surface area (Å²) in [5, 5.41) is 3.62. The van der Waals surface area contributed by atoms with Crippen LogP contribution >= 0.6 is 0 Å². The Balaban J connectivity index is 2.09. The van der Waals surface area contributed by atoms with E-state index in [9.17, 15) is 0 Å². The molecule has 0 amide bonds. The van der Waals surface area contributed by atoms with Crippen LogP contribution in [0.15, 0.2) is 6.07 Å². The van der Waals surface area contributed by atoms with Crippen molar-refractivity contribution in [3.63, 3.8) is 0 Å². The van der Waals surface area contributed by atoms with Crippen molar-refractivity contribution in [3.8, 4) is 0 Å². The van der Waals surface area contributed by atoms with Crippen LogP contribution in [0, 0.1) is 6.92 Å². The van der Waals surface area contributed by atoms with Crippen LogP contribution in [0.25, 0.3) is 0 Å². The molecule has 1 aromatic rings. The zero-order valence-corrected chi connectivity index (χ0v) is 12.6. The van der Waals surface area contributed by atoms with E-state index in [1.807, 2.05) is 6.92 Å². The van der Waals surface area contributed by atoms with Crippen LogP contribution in [0.2, 0.25) is 0 Å². The van der Waals surface area contributed by atoms with Crippen LogP contribution in [0.5, 0.6) is 0 Å². The molecule has 2 rings (SSSR count). The highest BCUT2D eigenvalue weighted by Crippen LogP contribution is 2.25. The first-order chi connectivity index (χ1) is 9.10. The number of likely N-dealkylation sites (N-methyl/N-ethyl adjacent to an activating group) is 1. The van der Waals surface area contributed by atoms with Crippen LogP contribution in [0.4, 0.5) is 5.82 Å². The number of hydrogen-bond donors (Lipinski definition) is 1. The molecule has 0 bridgehead atoms. The van der Waals surface area contributed by atoms with Gasteiger partial charge in [-0.1, -0.05) is 13.3 Å². The lowest BCUT2D eigenvalue weighted by Gasteiger charge is -2.27. The number of nitrogens with zero attached hydrogens (tertiary/aromatic N) is 3. The average molecular weight is 262 g/mol. The molecule has 0 aliphatic heterocycles. The van der Waals surface area contributed by atoms with Crippen molar-refractivity contribution in [3.05, 3.63) is 17.6 Å². The topological polar surface area (TPSA) is 41.0 Å². The van der Waals surface area contributed by atoms with Crippen molar-refractivity contribution in [1.29, 1.82) is 0 Å². The molecule has 4 nitrogen and oxygen atoms in total. The molecule has 1 aliphatic carbocycles. The van der Waals surface area contributed by atoms with Gasteiger partial charge in [-0.25, -0.2) is 9.97 Å². The van der Waals surface area contributed by atoms with Gasteiger partial charge in [-0.3, -0.25) is 0 Å². The minimum Gasteiger partial charge on any atom is -0.366 e. The summed E-state index contributed by atoms with van der Waals surface area (Å²) in [6, 6.07) is 3.24. The standard InChI is InChI=1S/C15H26N4/c1-5-7-12-10-15(17-11(2)16-12)18-13-8-6-9-14(13)19(3)4/h10,13-14H,5-9H2,1-4H3,(H,16,17,18). The summed E-state index contributed by atoms with van der Waals surface area (Å²) in [4.78, 5) is 11.3. The Kier molecular flexibility index (Phi) is 4.75. The maximum absolute atomic E-state index is 4.53. The van der Waals surface area contributed by atoms with E-state index in [0.29, 0.717) is 12.1 Å². The molecular formula is C15H26N4. The monoisotopic (exact) mass is 262 g/mol. The summed E-state index contributed by atoms with van der Waals surface area (Å²) in [6.45, 7) is 4.16. The summed E-state index contributed by atoms with van der Waals surface area (Å²) in [5.74, 6) is 1.86. The largest absolute Gasteiger partial charge is 0.366 e. The Hall–Kier alpha value is -1.16. The zero-order valence-electron chi connectivity index (χ0n) is 12.6. The van der Waals surface area contributed by atoms with Crippen molar-refractivity contribution >= 4 is 5.82 Å². The van der Waals surface area contributed by atoms with Gasteiger partial charge in [0.2, 0.25) is 0 Å². The highest BCUT2D eigenvalue weighted by Gasteiger charge is 2.28. The third-order valence-corrected chi connectivity index (χ3v) is 3.87. The number of hydrogen-bond acceptors (Lipinski definition) is 4. The molecule has 4 heteroatoms. The number of aromatic nitrogens is 2. The van der Waals surface area contributed by atoms with Gasteiger partial charge in [-0.05, 0) is 46.7 Å². The molecule has 106 valence electrons. The number of aryl methyl sites for hydroxylation is 2. The second-order valence-corrected chi connectivity index (χ2v) is 5.75. The minimum absolute atomic E-state index is 0.513. The molecule has 2 unspecified atom stereocenters. The summed E-state index contributed by atoms with van der Waals surface area (Å²) in [5.41, 5.74) is 1.15. The Morgan fingerprint density at radius 3 is 2.79 bits per heavy atom. The molecule has 1 heterocycles. The maximum Gasteiger partial charge on any atom is 0.130 e. The zero-order chi connectivity index (χ0) is 13.8. The van der Waals surface area contributed by atoms with Crippen LogP contribution < -0.4 is 5.32 Å². The maximum atomic E-state index is 4.53. The summed E-state index contributed by atoms with van der Waals surface area (Å²) in [7, 11) is 4.33. The van der Waals surface area contributed by atoms with E-state index in [4.69, 9.17) is 0 Å². The Bertz CT molecular complexity index is 417. The second-order valence-electron chi connectivity index (χ2n) is 5.75. The lowest BCUT2D eigenvalue weighted by atomic mass is 10.1. The highest BCUT2D eigenvalue weighted by molar-refractivity contribution is 5.38. The molecule has 1 fully saturated rings. The first kappa shape index (κ1) is 14.3. The number of nitrogens with one attached hydrogen (secondary N) is 1. The normalized spacial score (nSPS) is 23.0. The van der Waals surface area contributed by atoms with Gasteiger partial charge in [0, 0.05) is 23.8 Å². The third-order valence-electron chi connectivity index (χ3n) is 3.87. The molecule has 2 atom stereocenters. The van der Waals surface area contributed by atoms with Gasteiger partial charge in [-0.15, -0.1) is 0 Å². The van der Waals surface area contributed by atoms with E-state index in [2.05, 4.69) is 47.3 Å². The van der Waals surface area contributed by atoms with Crippen molar-refractivity contribution in [2.75, 3.05) is 19.4 Å². The molecule has 1 aromatic heterocycles. The van der Waals surface area contributed by atoms with Gasteiger partial charge in [-0.2, -0.15) is 0 Å². The lowest BCUT2D eigenvalue weighted by molar-refractivity contribution is 0.285. The molecule has 19 heavy (non-hydrogen) atoms. The van der Waals surface area contributed by atoms with Crippen molar-refractivity contribution in [1.82, 2.24) is 14.9 Å². The molecular weight excluding hydrogens is 236 g/mol. The van der Waals surface area contributed by atoms with Crippen LogP contribution in [0.1, 0.15) is 44.1 Å². The molecule has 0 radical (unpaired) electrons. The molecule has 1 saturated carbocycles. The van der Waals surface area contributed by atoms with Gasteiger partial charge in [0.25, 0.3) is 0 Å². The Labute approximate surface area is 116 Å². The molecule has 0 aromatic carbocycles. The van der Waals surface area contributed by atoms with Crippen molar-refractivity contribution in [2.24, 2.45) is 0 Å². The van der Waals surface area contributed by atoms with Crippen LogP contribution in [-0.4, -0.2) is 41.0 Å². The van der Waals surface area contributed by atoms with E-state index in [-0.39, 0.29) is 0 Å².